The first-order valence-electron chi connectivity index (χ1n) is 6.90. The quantitative estimate of drug-likeness (QED) is 0.365. The molecule has 23 heavy (non-hydrogen) atoms. The molecule has 1 aromatic carbocycles. The van der Waals surface area contributed by atoms with E-state index in [0.717, 1.165) is 5.56 Å². The first kappa shape index (κ1) is 21.6. The molecule has 0 aliphatic carbocycles. The smallest absolute Gasteiger partial charge is 0.189 e. The van der Waals surface area contributed by atoms with Crippen LogP contribution in [0.15, 0.2) is 17.1 Å². The average Bonchev–Trinajstić information content (AvgIpc) is 2.52. The van der Waals surface area contributed by atoms with Gasteiger partial charge in [-0.2, -0.15) is 0 Å². The van der Waals surface area contributed by atoms with E-state index in [0.29, 0.717) is 36.4 Å². The first-order valence-corrected chi connectivity index (χ1v) is 6.90. The minimum absolute atomic E-state index is 0. The second-order valence-corrected chi connectivity index (χ2v) is 4.71. The molecule has 0 saturated carbocycles. The van der Waals surface area contributed by atoms with Crippen molar-refractivity contribution < 1.29 is 18.9 Å². The number of nitrogens with zero attached hydrogens (tertiary/aromatic N) is 1. The summed E-state index contributed by atoms with van der Waals surface area (Å²) in [7, 11) is 6.40. The lowest BCUT2D eigenvalue weighted by Gasteiger charge is -2.15. The normalized spacial score (nSPS) is 12.1. The molecule has 0 amide bonds. The van der Waals surface area contributed by atoms with Crippen molar-refractivity contribution in [2.24, 2.45) is 10.7 Å². The summed E-state index contributed by atoms with van der Waals surface area (Å²) in [6, 6.07) is 3.64. The molecule has 132 valence electrons. The van der Waals surface area contributed by atoms with E-state index >= 15 is 0 Å². The highest BCUT2D eigenvalue weighted by molar-refractivity contribution is 14.0. The molecule has 0 aliphatic rings. The van der Waals surface area contributed by atoms with E-state index in [2.05, 4.69) is 10.3 Å². The van der Waals surface area contributed by atoms with Gasteiger partial charge < -0.3 is 30.0 Å². The van der Waals surface area contributed by atoms with Crippen LogP contribution in [0.4, 0.5) is 0 Å². The van der Waals surface area contributed by atoms with Crippen molar-refractivity contribution in [1.29, 1.82) is 0 Å². The lowest BCUT2D eigenvalue weighted by Crippen LogP contribution is -2.40. The molecule has 0 radical (unpaired) electrons. The van der Waals surface area contributed by atoms with Gasteiger partial charge in [0, 0.05) is 25.3 Å². The standard InChI is InChI=1S/C15H25N3O4.HI/c1-10(9-19-2)18-15(16)17-8-12-13(21-4)6-11(20-3)7-14(12)22-5;/h6-7,10H,8-9H2,1-5H3,(H3,16,17,18);1H. The molecule has 1 atom stereocenters. The van der Waals surface area contributed by atoms with Gasteiger partial charge in [0.05, 0.1) is 40.0 Å². The van der Waals surface area contributed by atoms with Gasteiger partial charge in [0.15, 0.2) is 5.96 Å². The molecule has 0 fully saturated rings. The predicted molar refractivity (Wildman–Crippen MR) is 101 cm³/mol. The van der Waals surface area contributed by atoms with Gasteiger partial charge in [0.25, 0.3) is 0 Å². The zero-order valence-electron chi connectivity index (χ0n) is 14.2. The number of nitrogens with one attached hydrogen (secondary N) is 1. The lowest BCUT2D eigenvalue weighted by atomic mass is 10.1. The lowest BCUT2D eigenvalue weighted by molar-refractivity contribution is 0.179. The van der Waals surface area contributed by atoms with Gasteiger partial charge in [0.1, 0.15) is 17.2 Å². The second kappa shape index (κ2) is 11.2. The predicted octanol–water partition coefficient (Wildman–Crippen LogP) is 1.77. The summed E-state index contributed by atoms with van der Waals surface area (Å²) < 4.78 is 21.0. The Hall–Kier alpha value is -1.42. The fourth-order valence-corrected chi connectivity index (χ4v) is 1.99. The number of methoxy groups -OCH3 is 4. The third-order valence-electron chi connectivity index (χ3n) is 3.04. The summed E-state index contributed by atoms with van der Waals surface area (Å²) in [5, 5.41) is 3.04. The molecular weight excluding hydrogens is 413 g/mol. The number of hydrogen-bond acceptors (Lipinski definition) is 5. The Labute approximate surface area is 154 Å². The van der Waals surface area contributed by atoms with Crippen LogP contribution in [-0.2, 0) is 11.3 Å². The highest BCUT2D eigenvalue weighted by atomic mass is 127. The van der Waals surface area contributed by atoms with Crippen LogP contribution in [-0.4, -0.2) is 47.0 Å². The van der Waals surface area contributed by atoms with E-state index < -0.39 is 0 Å². The van der Waals surface area contributed by atoms with Gasteiger partial charge in [-0.25, -0.2) is 4.99 Å². The monoisotopic (exact) mass is 439 g/mol. The van der Waals surface area contributed by atoms with Gasteiger partial charge in [0.2, 0.25) is 0 Å². The van der Waals surface area contributed by atoms with Crippen LogP contribution < -0.4 is 25.3 Å². The summed E-state index contributed by atoms with van der Waals surface area (Å²) in [5.41, 5.74) is 6.67. The van der Waals surface area contributed by atoms with Gasteiger partial charge in [-0.05, 0) is 6.92 Å². The van der Waals surface area contributed by atoms with Crippen molar-refractivity contribution in [3.63, 3.8) is 0 Å². The van der Waals surface area contributed by atoms with Crippen molar-refractivity contribution in [2.75, 3.05) is 35.0 Å². The zero-order chi connectivity index (χ0) is 16.5. The van der Waals surface area contributed by atoms with Crippen LogP contribution in [0.3, 0.4) is 0 Å². The Morgan fingerprint density at radius 2 is 1.70 bits per heavy atom. The number of ether oxygens (including phenoxy) is 4. The average molecular weight is 439 g/mol. The van der Waals surface area contributed by atoms with Crippen molar-refractivity contribution in [3.8, 4) is 17.2 Å². The SMILES string of the molecule is COCC(C)NC(N)=NCc1c(OC)cc(OC)cc1OC.I. The largest absolute Gasteiger partial charge is 0.496 e. The molecule has 1 unspecified atom stereocenters. The van der Waals surface area contributed by atoms with E-state index in [1.54, 1.807) is 40.6 Å². The maximum atomic E-state index is 5.87. The van der Waals surface area contributed by atoms with Gasteiger partial charge in [-0.15, -0.1) is 24.0 Å². The maximum Gasteiger partial charge on any atom is 0.189 e. The number of guanidine groups is 1. The topological polar surface area (TPSA) is 87.3 Å². The summed E-state index contributed by atoms with van der Waals surface area (Å²) in [6.07, 6.45) is 0. The Bertz CT molecular complexity index is 486. The number of nitrogens with two attached hydrogens (primary N) is 1. The van der Waals surface area contributed by atoms with Crippen LogP contribution in [0.2, 0.25) is 0 Å². The third-order valence-corrected chi connectivity index (χ3v) is 3.04. The van der Waals surface area contributed by atoms with Crippen molar-refractivity contribution in [1.82, 2.24) is 5.32 Å². The summed E-state index contributed by atoms with van der Waals surface area (Å²) >= 11 is 0. The Balaban J connectivity index is 0.00000484. The van der Waals surface area contributed by atoms with Gasteiger partial charge in [-0.1, -0.05) is 0 Å². The maximum absolute atomic E-state index is 5.87. The van der Waals surface area contributed by atoms with E-state index in [-0.39, 0.29) is 30.0 Å². The highest BCUT2D eigenvalue weighted by Crippen LogP contribution is 2.34. The van der Waals surface area contributed by atoms with Crippen molar-refractivity contribution in [3.05, 3.63) is 17.7 Å². The molecule has 0 saturated heterocycles. The minimum atomic E-state index is 0. The Morgan fingerprint density at radius 3 is 2.13 bits per heavy atom. The van der Waals surface area contributed by atoms with E-state index in [9.17, 15) is 0 Å². The van der Waals surface area contributed by atoms with Gasteiger partial charge >= 0.3 is 0 Å². The number of rotatable bonds is 8. The van der Waals surface area contributed by atoms with Crippen LogP contribution in [0, 0.1) is 0 Å². The van der Waals surface area contributed by atoms with E-state index in [1.807, 2.05) is 6.92 Å². The Kier molecular flexibility index (Phi) is 10.5. The molecule has 0 bridgehead atoms. The number of halogens is 1. The molecule has 0 aromatic heterocycles. The molecule has 0 heterocycles. The van der Waals surface area contributed by atoms with Gasteiger partial charge in [-0.3, -0.25) is 0 Å². The highest BCUT2D eigenvalue weighted by Gasteiger charge is 2.13. The fraction of sp³-hybridized carbons (Fsp3) is 0.533. The van der Waals surface area contributed by atoms with Crippen molar-refractivity contribution >= 4 is 29.9 Å². The van der Waals surface area contributed by atoms with Crippen LogP contribution in [0.25, 0.3) is 0 Å². The molecule has 8 heteroatoms. The van der Waals surface area contributed by atoms with Crippen LogP contribution in [0.5, 0.6) is 17.2 Å². The summed E-state index contributed by atoms with van der Waals surface area (Å²) in [6.45, 7) is 2.83. The molecule has 7 nitrogen and oxygen atoms in total. The van der Waals surface area contributed by atoms with Crippen LogP contribution in [0.1, 0.15) is 12.5 Å². The van der Waals surface area contributed by atoms with Crippen LogP contribution >= 0.6 is 24.0 Å². The molecule has 1 aromatic rings. The molecule has 0 aliphatic heterocycles. The second-order valence-electron chi connectivity index (χ2n) is 4.71. The summed E-state index contributed by atoms with van der Waals surface area (Å²) in [4.78, 5) is 4.32. The molecule has 3 N–H and O–H groups in total. The Morgan fingerprint density at radius 1 is 1.13 bits per heavy atom. The zero-order valence-corrected chi connectivity index (χ0v) is 16.5. The molecule has 1 rings (SSSR count). The number of aliphatic imine (C=N–C) groups is 1. The van der Waals surface area contributed by atoms with E-state index in [1.165, 1.54) is 0 Å². The minimum Gasteiger partial charge on any atom is -0.496 e. The first-order chi connectivity index (χ1) is 10.5. The number of hydrogen-bond donors (Lipinski definition) is 2. The molecule has 0 spiro atoms. The third kappa shape index (κ3) is 6.69. The van der Waals surface area contributed by atoms with Crippen molar-refractivity contribution in [2.45, 2.75) is 19.5 Å². The summed E-state index contributed by atoms with van der Waals surface area (Å²) in [5.74, 6) is 2.26. The fourth-order valence-electron chi connectivity index (χ4n) is 1.99. The van der Waals surface area contributed by atoms with E-state index in [4.69, 9.17) is 24.7 Å². The number of benzene rings is 1. The molecular formula is C15H26IN3O4.